The molecule has 0 unspecified atom stereocenters. The minimum Gasteiger partial charge on any atom is -0.493 e. The van der Waals surface area contributed by atoms with Gasteiger partial charge < -0.3 is 19.9 Å². The molecule has 2 atom stereocenters. The lowest BCUT2D eigenvalue weighted by Crippen LogP contribution is -2.34. The number of aliphatic hydroxyl groups is 1. The Bertz CT molecular complexity index is 518. The fourth-order valence-corrected chi connectivity index (χ4v) is 2.65. The summed E-state index contributed by atoms with van der Waals surface area (Å²) in [5, 5.41) is 13.4. The number of carbonyl (C=O) groups excluding carboxylic acids is 1. The number of rotatable bonds is 13. The van der Waals surface area contributed by atoms with Crippen LogP contribution in [0.1, 0.15) is 56.8 Å². The van der Waals surface area contributed by atoms with Crippen LogP contribution in [-0.2, 0) is 0 Å². The van der Waals surface area contributed by atoms with Crippen LogP contribution in [-0.4, -0.2) is 43.8 Å². The van der Waals surface area contributed by atoms with Gasteiger partial charge in [-0.3, -0.25) is 4.79 Å². The van der Waals surface area contributed by atoms with Crippen LogP contribution in [0.15, 0.2) is 18.2 Å². The number of benzene rings is 1. The summed E-state index contributed by atoms with van der Waals surface area (Å²) in [5.41, 5.74) is 0.573. The van der Waals surface area contributed by atoms with Gasteiger partial charge in [0.15, 0.2) is 17.3 Å². The average molecular weight is 351 g/mol. The quantitative estimate of drug-likeness (QED) is 0.533. The van der Waals surface area contributed by atoms with Crippen LogP contribution in [0.2, 0.25) is 0 Å². The van der Waals surface area contributed by atoms with E-state index < -0.39 is 6.10 Å². The molecule has 0 amide bonds. The number of unbranched alkanes of at least 4 members (excludes halogenated alkanes) is 1. The maximum Gasteiger partial charge on any atom is 0.161 e. The summed E-state index contributed by atoms with van der Waals surface area (Å²) in [6, 6.07) is 5.06. The van der Waals surface area contributed by atoms with Crippen LogP contribution in [0.25, 0.3) is 0 Å². The van der Waals surface area contributed by atoms with Crippen LogP contribution in [0.5, 0.6) is 11.5 Å². The molecule has 0 saturated carbocycles. The average Bonchev–Trinajstić information content (AvgIpc) is 2.62. The Morgan fingerprint density at radius 2 is 2.00 bits per heavy atom. The second-order valence-corrected chi connectivity index (χ2v) is 6.46. The lowest BCUT2D eigenvalue weighted by atomic mass is 9.99. The second-order valence-electron chi connectivity index (χ2n) is 6.46. The summed E-state index contributed by atoms with van der Waals surface area (Å²) < 4.78 is 10.9. The molecular formula is C20H33NO4. The molecule has 0 saturated heterocycles. The summed E-state index contributed by atoms with van der Waals surface area (Å²) in [7, 11) is 1.53. The van der Waals surface area contributed by atoms with Gasteiger partial charge in [-0.2, -0.15) is 0 Å². The predicted molar refractivity (Wildman–Crippen MR) is 101 cm³/mol. The normalized spacial score (nSPS) is 13.3. The minimum absolute atomic E-state index is 0.0253. The minimum atomic E-state index is -0.596. The van der Waals surface area contributed by atoms with Crippen LogP contribution in [0, 0.1) is 5.92 Å². The molecule has 0 spiro atoms. The smallest absolute Gasteiger partial charge is 0.161 e. The van der Waals surface area contributed by atoms with Gasteiger partial charge in [0.1, 0.15) is 12.7 Å². The van der Waals surface area contributed by atoms with Gasteiger partial charge in [-0.1, -0.05) is 33.1 Å². The van der Waals surface area contributed by atoms with E-state index in [1.807, 2.05) is 0 Å². The zero-order valence-electron chi connectivity index (χ0n) is 16.0. The number of ketones is 1. The van der Waals surface area contributed by atoms with Crippen LogP contribution in [0.4, 0.5) is 0 Å². The van der Waals surface area contributed by atoms with Gasteiger partial charge in [0.2, 0.25) is 0 Å². The van der Waals surface area contributed by atoms with E-state index in [0.29, 0.717) is 29.5 Å². The zero-order valence-corrected chi connectivity index (χ0v) is 16.0. The Labute approximate surface area is 151 Å². The monoisotopic (exact) mass is 351 g/mol. The maximum atomic E-state index is 11.4. The van der Waals surface area contributed by atoms with Crippen LogP contribution >= 0.6 is 0 Å². The molecule has 5 heteroatoms. The highest BCUT2D eigenvalue weighted by atomic mass is 16.5. The molecule has 0 fully saturated rings. The van der Waals surface area contributed by atoms with Crippen molar-refractivity contribution in [3.8, 4) is 11.5 Å². The van der Waals surface area contributed by atoms with E-state index in [2.05, 4.69) is 19.2 Å². The zero-order chi connectivity index (χ0) is 18.7. The fraction of sp³-hybridized carbons (Fsp3) is 0.650. The molecule has 1 aromatic rings. The van der Waals surface area contributed by atoms with Crippen molar-refractivity contribution in [1.29, 1.82) is 0 Å². The molecule has 1 aromatic carbocycles. The van der Waals surface area contributed by atoms with Gasteiger partial charge in [-0.25, -0.2) is 0 Å². The number of Topliss-reactive ketones (excluding diaryl/α,β-unsaturated/α-hetero) is 1. The number of nitrogens with one attached hydrogen (secondary N) is 1. The van der Waals surface area contributed by atoms with Gasteiger partial charge >= 0.3 is 0 Å². The molecule has 0 aromatic heterocycles. The Morgan fingerprint density at radius 3 is 2.60 bits per heavy atom. The number of ether oxygens (including phenoxy) is 2. The number of hydrogen-bond acceptors (Lipinski definition) is 5. The van der Waals surface area contributed by atoms with Crippen molar-refractivity contribution in [2.45, 2.75) is 52.6 Å². The van der Waals surface area contributed by atoms with Gasteiger partial charge in [0.05, 0.1) is 7.11 Å². The van der Waals surface area contributed by atoms with Crippen molar-refractivity contribution in [2.75, 3.05) is 26.8 Å². The number of methoxy groups -OCH3 is 1. The number of carbonyl (C=O) groups is 1. The number of aliphatic hydroxyl groups excluding tert-OH is 1. The van der Waals surface area contributed by atoms with Crippen LogP contribution in [0.3, 0.4) is 0 Å². The van der Waals surface area contributed by atoms with Gasteiger partial charge in [-0.15, -0.1) is 0 Å². The molecule has 2 N–H and O–H groups in total. The topological polar surface area (TPSA) is 67.8 Å². The van der Waals surface area contributed by atoms with E-state index in [9.17, 15) is 9.90 Å². The third-order valence-electron chi connectivity index (χ3n) is 4.36. The standard InChI is InChI=1S/C20H33NO4/c1-5-7-8-16(6-2)12-21-13-18(23)14-25-19-10-9-17(15(3)22)11-20(19)24-4/h9-11,16,18,21,23H,5-8,12-14H2,1-4H3/t16-,18+/m1/s1. The third kappa shape index (κ3) is 7.88. The van der Waals surface area contributed by atoms with Gasteiger partial charge in [0, 0.05) is 12.1 Å². The first-order valence-corrected chi connectivity index (χ1v) is 9.22. The summed E-state index contributed by atoms with van der Waals surface area (Å²) in [5.74, 6) is 1.66. The molecule has 1 rings (SSSR count). The highest BCUT2D eigenvalue weighted by molar-refractivity contribution is 5.94. The van der Waals surface area contributed by atoms with Crippen molar-refractivity contribution in [2.24, 2.45) is 5.92 Å². The lowest BCUT2D eigenvalue weighted by molar-refractivity contribution is 0.101. The largest absolute Gasteiger partial charge is 0.493 e. The van der Waals surface area contributed by atoms with E-state index in [1.54, 1.807) is 18.2 Å². The van der Waals surface area contributed by atoms with Crippen LogP contribution < -0.4 is 14.8 Å². The van der Waals surface area contributed by atoms with E-state index in [-0.39, 0.29) is 12.4 Å². The third-order valence-corrected chi connectivity index (χ3v) is 4.36. The van der Waals surface area contributed by atoms with E-state index in [1.165, 1.54) is 33.3 Å². The summed E-state index contributed by atoms with van der Waals surface area (Å²) in [4.78, 5) is 11.4. The highest BCUT2D eigenvalue weighted by Gasteiger charge is 2.12. The highest BCUT2D eigenvalue weighted by Crippen LogP contribution is 2.28. The summed E-state index contributed by atoms with van der Waals surface area (Å²) in [6.07, 6.45) is 4.26. The second kappa shape index (κ2) is 11.9. The SMILES string of the molecule is CCCC[C@@H](CC)CNC[C@H](O)COc1ccc(C(C)=O)cc1OC. The Balaban J connectivity index is 2.40. The van der Waals surface area contributed by atoms with Crippen molar-refractivity contribution < 1.29 is 19.4 Å². The molecule has 0 heterocycles. The van der Waals surface area contributed by atoms with Crippen molar-refractivity contribution in [3.63, 3.8) is 0 Å². The van der Waals surface area contributed by atoms with Crippen molar-refractivity contribution >= 4 is 5.78 Å². The summed E-state index contributed by atoms with van der Waals surface area (Å²) in [6.45, 7) is 7.51. The molecule has 0 aliphatic rings. The van der Waals surface area contributed by atoms with Gasteiger partial charge in [0.25, 0.3) is 0 Å². The Hall–Kier alpha value is -1.59. The molecule has 0 radical (unpaired) electrons. The Kier molecular flexibility index (Phi) is 10.2. The fourth-order valence-electron chi connectivity index (χ4n) is 2.65. The van der Waals surface area contributed by atoms with Crippen molar-refractivity contribution in [1.82, 2.24) is 5.32 Å². The first kappa shape index (κ1) is 21.5. The Morgan fingerprint density at radius 1 is 1.24 bits per heavy atom. The van der Waals surface area contributed by atoms with Gasteiger partial charge in [-0.05, 0) is 44.0 Å². The molecular weight excluding hydrogens is 318 g/mol. The first-order chi connectivity index (χ1) is 12.0. The molecule has 5 nitrogen and oxygen atoms in total. The van der Waals surface area contributed by atoms with Crippen molar-refractivity contribution in [3.05, 3.63) is 23.8 Å². The maximum absolute atomic E-state index is 11.4. The molecule has 142 valence electrons. The van der Waals surface area contributed by atoms with E-state index in [4.69, 9.17) is 9.47 Å². The molecule has 0 bridgehead atoms. The molecule has 0 aliphatic carbocycles. The molecule has 0 aliphatic heterocycles. The molecule has 25 heavy (non-hydrogen) atoms. The first-order valence-electron chi connectivity index (χ1n) is 9.22. The predicted octanol–water partition coefficient (Wildman–Crippen LogP) is 3.44. The lowest BCUT2D eigenvalue weighted by Gasteiger charge is -2.18. The number of hydrogen-bond donors (Lipinski definition) is 2. The summed E-state index contributed by atoms with van der Waals surface area (Å²) >= 11 is 0. The van der Waals surface area contributed by atoms with E-state index >= 15 is 0 Å². The van der Waals surface area contributed by atoms with E-state index in [0.717, 1.165) is 13.0 Å².